The summed E-state index contributed by atoms with van der Waals surface area (Å²) in [7, 11) is 0. The molecule has 0 aromatic heterocycles. The van der Waals surface area contributed by atoms with E-state index in [9.17, 15) is 5.11 Å². The van der Waals surface area contributed by atoms with Gasteiger partial charge in [-0.1, -0.05) is 36.4 Å². The number of ether oxygens (including phenoxy) is 1. The zero-order valence-corrected chi connectivity index (χ0v) is 16.4. The number of halogens is 1. The van der Waals surface area contributed by atoms with Crippen LogP contribution in [0.2, 0.25) is 0 Å². The summed E-state index contributed by atoms with van der Waals surface area (Å²) in [5, 5.41) is 13.6. The van der Waals surface area contributed by atoms with Gasteiger partial charge in [0.1, 0.15) is 18.5 Å². The van der Waals surface area contributed by atoms with Crippen LogP contribution in [0.4, 0.5) is 0 Å². The maximum absolute atomic E-state index is 10.1. The lowest BCUT2D eigenvalue weighted by atomic mass is 9.93. The number of hydrogen-bond acceptors (Lipinski definition) is 3. The largest absolute Gasteiger partial charge is 0.491 e. The smallest absolute Gasteiger partial charge is 0.119 e. The highest BCUT2D eigenvalue weighted by Gasteiger charge is 2.19. The maximum Gasteiger partial charge on any atom is 0.119 e. The van der Waals surface area contributed by atoms with Gasteiger partial charge >= 0.3 is 0 Å². The number of nitrogens with one attached hydrogen (secondary N) is 1. The van der Waals surface area contributed by atoms with E-state index in [1.807, 2.05) is 30.3 Å². The van der Waals surface area contributed by atoms with Gasteiger partial charge in [-0.25, -0.2) is 0 Å². The Hall–Kier alpha value is -1.55. The molecule has 2 aromatic rings. The molecule has 138 valence electrons. The molecule has 2 aromatic carbocycles. The van der Waals surface area contributed by atoms with E-state index in [1.54, 1.807) is 0 Å². The summed E-state index contributed by atoms with van der Waals surface area (Å²) in [4.78, 5) is 0. The van der Waals surface area contributed by atoms with Crippen LogP contribution < -0.4 is 10.1 Å². The Bertz CT molecular complexity index is 644. The van der Waals surface area contributed by atoms with Crippen molar-refractivity contribution in [3.63, 3.8) is 0 Å². The SMILES string of the molecule is Cc1ccc(CC(C)(C)NCC(O)COc2ccccc2)cc1C.Cl. The molecule has 4 heteroatoms. The zero-order chi connectivity index (χ0) is 17.6. The van der Waals surface area contributed by atoms with Crippen LogP contribution in [-0.4, -0.2) is 29.9 Å². The van der Waals surface area contributed by atoms with E-state index < -0.39 is 6.10 Å². The zero-order valence-electron chi connectivity index (χ0n) is 15.6. The summed E-state index contributed by atoms with van der Waals surface area (Å²) in [5.74, 6) is 0.783. The average molecular weight is 364 g/mol. The van der Waals surface area contributed by atoms with Crippen LogP contribution in [0.3, 0.4) is 0 Å². The molecule has 0 amide bonds. The number of aryl methyl sites for hydroxylation is 2. The summed E-state index contributed by atoms with van der Waals surface area (Å²) in [6.45, 7) is 9.39. The minimum Gasteiger partial charge on any atom is -0.491 e. The lowest BCUT2D eigenvalue weighted by Gasteiger charge is -2.28. The van der Waals surface area contributed by atoms with Crippen molar-refractivity contribution in [2.24, 2.45) is 0 Å². The van der Waals surface area contributed by atoms with Crippen LogP contribution in [0.25, 0.3) is 0 Å². The average Bonchev–Trinajstić information content (AvgIpc) is 2.55. The van der Waals surface area contributed by atoms with E-state index in [4.69, 9.17) is 4.74 Å². The van der Waals surface area contributed by atoms with Crippen molar-refractivity contribution in [2.75, 3.05) is 13.2 Å². The molecule has 2 rings (SSSR count). The summed E-state index contributed by atoms with van der Waals surface area (Å²) in [6, 6.07) is 16.2. The Morgan fingerprint density at radius 3 is 2.36 bits per heavy atom. The van der Waals surface area contributed by atoms with Crippen molar-refractivity contribution in [3.05, 3.63) is 65.2 Å². The van der Waals surface area contributed by atoms with E-state index in [0.29, 0.717) is 6.54 Å². The van der Waals surface area contributed by atoms with Crippen LogP contribution in [0.15, 0.2) is 48.5 Å². The molecule has 0 aliphatic carbocycles. The van der Waals surface area contributed by atoms with Gasteiger partial charge in [-0.15, -0.1) is 12.4 Å². The second kappa shape index (κ2) is 9.81. The molecule has 0 saturated carbocycles. The molecule has 25 heavy (non-hydrogen) atoms. The van der Waals surface area contributed by atoms with Crippen molar-refractivity contribution in [3.8, 4) is 5.75 Å². The third kappa shape index (κ3) is 7.47. The van der Waals surface area contributed by atoms with Crippen LogP contribution in [0.1, 0.15) is 30.5 Å². The van der Waals surface area contributed by atoms with Crippen molar-refractivity contribution < 1.29 is 9.84 Å². The first-order chi connectivity index (χ1) is 11.4. The normalized spacial score (nSPS) is 12.4. The molecule has 0 spiro atoms. The number of rotatable bonds is 8. The lowest BCUT2D eigenvalue weighted by molar-refractivity contribution is 0.0988. The van der Waals surface area contributed by atoms with E-state index in [0.717, 1.165) is 12.2 Å². The van der Waals surface area contributed by atoms with Crippen LogP contribution in [-0.2, 0) is 6.42 Å². The second-order valence-electron chi connectivity index (χ2n) is 7.14. The summed E-state index contributed by atoms with van der Waals surface area (Å²) >= 11 is 0. The fourth-order valence-corrected chi connectivity index (χ4v) is 2.65. The Morgan fingerprint density at radius 1 is 1.04 bits per heavy atom. The highest BCUT2D eigenvalue weighted by atomic mass is 35.5. The minimum absolute atomic E-state index is 0. The van der Waals surface area contributed by atoms with Gasteiger partial charge in [0.25, 0.3) is 0 Å². The molecule has 0 saturated heterocycles. The highest BCUT2D eigenvalue weighted by Crippen LogP contribution is 2.16. The van der Waals surface area contributed by atoms with E-state index in [-0.39, 0.29) is 24.6 Å². The summed E-state index contributed by atoms with van der Waals surface area (Å²) in [6.07, 6.45) is 0.379. The van der Waals surface area contributed by atoms with Crippen LogP contribution >= 0.6 is 12.4 Å². The van der Waals surface area contributed by atoms with Gasteiger partial charge in [0.15, 0.2) is 0 Å². The molecule has 0 bridgehead atoms. The number of aliphatic hydroxyl groups is 1. The molecular formula is C21H30ClNO2. The quantitative estimate of drug-likeness (QED) is 0.742. The van der Waals surface area contributed by atoms with Gasteiger partial charge in [0, 0.05) is 12.1 Å². The number of hydrogen-bond donors (Lipinski definition) is 2. The first-order valence-electron chi connectivity index (χ1n) is 8.53. The second-order valence-corrected chi connectivity index (χ2v) is 7.14. The first-order valence-corrected chi connectivity index (χ1v) is 8.53. The third-order valence-electron chi connectivity index (χ3n) is 4.22. The van der Waals surface area contributed by atoms with Gasteiger partial charge in [-0.05, 0) is 62.9 Å². The van der Waals surface area contributed by atoms with Gasteiger partial charge in [0.2, 0.25) is 0 Å². The van der Waals surface area contributed by atoms with Gasteiger partial charge < -0.3 is 15.2 Å². The lowest BCUT2D eigenvalue weighted by Crippen LogP contribution is -2.46. The fourth-order valence-electron chi connectivity index (χ4n) is 2.65. The molecule has 1 atom stereocenters. The number of aliphatic hydroxyl groups excluding tert-OH is 1. The Labute approximate surface area is 157 Å². The van der Waals surface area contributed by atoms with E-state index >= 15 is 0 Å². The molecule has 0 heterocycles. The minimum atomic E-state index is -0.538. The monoisotopic (exact) mass is 363 g/mol. The third-order valence-corrected chi connectivity index (χ3v) is 4.22. The topological polar surface area (TPSA) is 41.5 Å². The van der Waals surface area contributed by atoms with Crippen molar-refractivity contribution in [1.82, 2.24) is 5.32 Å². The summed E-state index contributed by atoms with van der Waals surface area (Å²) < 4.78 is 5.59. The van der Waals surface area contributed by atoms with Gasteiger partial charge in [0.05, 0.1) is 0 Å². The molecule has 3 nitrogen and oxygen atoms in total. The fraction of sp³-hybridized carbons (Fsp3) is 0.429. The molecule has 1 unspecified atom stereocenters. The molecule has 0 aliphatic rings. The van der Waals surface area contributed by atoms with E-state index in [2.05, 4.69) is 51.2 Å². The van der Waals surface area contributed by atoms with Crippen molar-refractivity contribution >= 4 is 12.4 Å². The van der Waals surface area contributed by atoms with E-state index in [1.165, 1.54) is 16.7 Å². The van der Waals surface area contributed by atoms with Crippen LogP contribution in [0, 0.1) is 13.8 Å². The Morgan fingerprint density at radius 2 is 1.72 bits per heavy atom. The Kier molecular flexibility index (Phi) is 8.43. The predicted octanol–water partition coefficient (Wildman–Crippen LogP) is 4.08. The molecule has 0 radical (unpaired) electrons. The molecule has 0 fully saturated rings. The summed E-state index contributed by atoms with van der Waals surface area (Å²) in [5.41, 5.74) is 3.86. The molecular weight excluding hydrogens is 334 g/mol. The Balaban J connectivity index is 0.00000312. The van der Waals surface area contributed by atoms with Crippen molar-refractivity contribution in [2.45, 2.75) is 45.8 Å². The van der Waals surface area contributed by atoms with Crippen molar-refractivity contribution in [1.29, 1.82) is 0 Å². The predicted molar refractivity (Wildman–Crippen MR) is 107 cm³/mol. The van der Waals surface area contributed by atoms with Crippen LogP contribution in [0.5, 0.6) is 5.75 Å². The molecule has 2 N–H and O–H groups in total. The maximum atomic E-state index is 10.1. The number of benzene rings is 2. The van der Waals surface area contributed by atoms with Gasteiger partial charge in [-0.3, -0.25) is 0 Å². The number of β-amino-alcohol motifs (C(OH)–C–C–N with tert-alkyl or cyclic N) is 1. The first kappa shape index (κ1) is 21.5. The number of para-hydroxylation sites is 1. The molecule has 0 aliphatic heterocycles. The highest BCUT2D eigenvalue weighted by molar-refractivity contribution is 5.85. The van der Waals surface area contributed by atoms with Gasteiger partial charge in [-0.2, -0.15) is 0 Å². The standard InChI is InChI=1S/C21H29NO2.ClH/c1-16-10-11-18(12-17(16)2)13-21(3,4)22-14-19(23)15-24-20-8-6-5-7-9-20;/h5-12,19,22-23H,13-15H2,1-4H3;1H.